The Kier molecular flexibility index (Phi) is 4.86. The van der Waals surface area contributed by atoms with E-state index >= 15 is 0 Å². The Morgan fingerprint density at radius 2 is 1.96 bits per heavy atom. The Hall–Kier alpha value is -2.61. The summed E-state index contributed by atoms with van der Waals surface area (Å²) in [5, 5.41) is 0. The number of aryl methyl sites for hydroxylation is 1. The molecule has 2 heterocycles. The minimum atomic E-state index is -3.98. The SMILES string of the molecule is C[C@H](CCc1ccco1)N(C)C(=O)CN1C(=O)c2ccccc2S1(=O)=O. The molecule has 0 aliphatic carbocycles. The molecule has 0 N–H and O–H groups in total. The lowest BCUT2D eigenvalue weighted by molar-refractivity contribution is -0.131. The zero-order valence-corrected chi connectivity index (χ0v) is 15.4. The molecule has 8 heteroatoms. The van der Waals surface area contributed by atoms with Gasteiger partial charge in [0.05, 0.1) is 11.8 Å². The van der Waals surface area contributed by atoms with Crippen LogP contribution in [0.4, 0.5) is 0 Å². The summed E-state index contributed by atoms with van der Waals surface area (Å²) in [5.74, 6) is -0.266. The van der Waals surface area contributed by atoms with Gasteiger partial charge in [0, 0.05) is 19.5 Å². The average molecular weight is 376 g/mol. The van der Waals surface area contributed by atoms with Crippen molar-refractivity contribution in [3.05, 3.63) is 54.0 Å². The van der Waals surface area contributed by atoms with Crippen molar-refractivity contribution in [3.8, 4) is 0 Å². The molecule has 0 bridgehead atoms. The second-order valence-electron chi connectivity index (χ2n) is 6.28. The second-order valence-corrected chi connectivity index (χ2v) is 8.12. The van der Waals surface area contributed by atoms with Gasteiger partial charge in [0.1, 0.15) is 17.2 Å². The second kappa shape index (κ2) is 6.95. The van der Waals surface area contributed by atoms with E-state index < -0.39 is 28.4 Å². The summed E-state index contributed by atoms with van der Waals surface area (Å²) in [4.78, 5) is 26.3. The highest BCUT2D eigenvalue weighted by molar-refractivity contribution is 7.90. The number of hydrogen-bond donors (Lipinski definition) is 0. The fraction of sp³-hybridized carbons (Fsp3) is 0.333. The zero-order chi connectivity index (χ0) is 18.9. The van der Waals surface area contributed by atoms with Crippen LogP contribution in [0.2, 0.25) is 0 Å². The summed E-state index contributed by atoms with van der Waals surface area (Å²) in [7, 11) is -2.37. The van der Waals surface area contributed by atoms with Crippen LogP contribution < -0.4 is 0 Å². The first-order chi connectivity index (χ1) is 12.3. The normalized spacial score (nSPS) is 16.4. The van der Waals surface area contributed by atoms with E-state index in [-0.39, 0.29) is 16.5 Å². The Balaban J connectivity index is 1.67. The molecular weight excluding hydrogens is 356 g/mol. The van der Waals surface area contributed by atoms with E-state index in [0.717, 1.165) is 5.76 Å². The maximum Gasteiger partial charge on any atom is 0.269 e. The van der Waals surface area contributed by atoms with Gasteiger partial charge in [-0.3, -0.25) is 9.59 Å². The molecule has 1 aromatic heterocycles. The smallest absolute Gasteiger partial charge is 0.269 e. The molecule has 0 spiro atoms. The number of nitrogens with zero attached hydrogens (tertiary/aromatic N) is 2. The van der Waals surface area contributed by atoms with Crippen LogP contribution in [-0.2, 0) is 21.2 Å². The molecule has 0 unspecified atom stereocenters. The van der Waals surface area contributed by atoms with Crippen LogP contribution in [0.3, 0.4) is 0 Å². The van der Waals surface area contributed by atoms with Gasteiger partial charge in [-0.2, -0.15) is 0 Å². The standard InChI is InChI=1S/C18H20N2O5S/c1-13(9-10-14-6-5-11-25-14)19(2)17(21)12-20-18(22)15-7-3-4-8-16(15)26(20,23)24/h3-8,11,13H,9-10,12H2,1-2H3/t13-/m1/s1. The monoisotopic (exact) mass is 376 g/mol. The largest absolute Gasteiger partial charge is 0.469 e. The van der Waals surface area contributed by atoms with E-state index in [1.54, 1.807) is 31.5 Å². The van der Waals surface area contributed by atoms with Crippen molar-refractivity contribution >= 4 is 21.8 Å². The van der Waals surface area contributed by atoms with E-state index in [1.165, 1.54) is 17.0 Å². The quantitative estimate of drug-likeness (QED) is 0.768. The molecule has 26 heavy (non-hydrogen) atoms. The number of sulfonamides is 1. The molecule has 7 nitrogen and oxygen atoms in total. The van der Waals surface area contributed by atoms with Crippen LogP contribution in [0.5, 0.6) is 0 Å². The predicted octanol–water partition coefficient (Wildman–Crippen LogP) is 1.90. The third-order valence-corrected chi connectivity index (χ3v) is 6.42. The van der Waals surface area contributed by atoms with E-state index in [1.807, 2.05) is 13.0 Å². The summed E-state index contributed by atoms with van der Waals surface area (Å²) < 4.78 is 31.0. The van der Waals surface area contributed by atoms with Crippen molar-refractivity contribution in [2.75, 3.05) is 13.6 Å². The van der Waals surface area contributed by atoms with Gasteiger partial charge in [-0.15, -0.1) is 0 Å². The lowest BCUT2D eigenvalue weighted by atomic mass is 10.1. The van der Waals surface area contributed by atoms with Gasteiger partial charge in [0.15, 0.2) is 0 Å². The van der Waals surface area contributed by atoms with Crippen LogP contribution >= 0.6 is 0 Å². The number of likely N-dealkylation sites (N-methyl/N-ethyl adjacent to an activating group) is 1. The van der Waals surface area contributed by atoms with Gasteiger partial charge < -0.3 is 9.32 Å². The zero-order valence-electron chi connectivity index (χ0n) is 14.6. The molecule has 0 saturated carbocycles. The number of fused-ring (bicyclic) bond motifs is 1. The third-order valence-electron chi connectivity index (χ3n) is 4.63. The number of carbonyl (C=O) groups excluding carboxylic acids is 2. The topological polar surface area (TPSA) is 87.9 Å². The van der Waals surface area contributed by atoms with Crippen LogP contribution in [0.15, 0.2) is 52.0 Å². The number of benzene rings is 1. The summed E-state index contributed by atoms with van der Waals surface area (Å²) in [6.45, 7) is 1.37. The molecule has 2 amide bonds. The summed E-state index contributed by atoms with van der Waals surface area (Å²) in [6.07, 6.45) is 2.92. The van der Waals surface area contributed by atoms with Gasteiger partial charge in [-0.25, -0.2) is 12.7 Å². The maximum absolute atomic E-state index is 12.5. The number of amides is 2. The highest BCUT2D eigenvalue weighted by Gasteiger charge is 2.42. The number of rotatable bonds is 6. The maximum atomic E-state index is 12.5. The molecule has 0 fully saturated rings. The van der Waals surface area contributed by atoms with Gasteiger partial charge >= 0.3 is 0 Å². The minimum Gasteiger partial charge on any atom is -0.469 e. The fourth-order valence-corrected chi connectivity index (χ4v) is 4.39. The molecule has 1 atom stereocenters. The average Bonchev–Trinajstić information content (AvgIpc) is 3.21. The number of carbonyl (C=O) groups is 2. The van der Waals surface area contributed by atoms with Crippen molar-refractivity contribution < 1.29 is 22.4 Å². The van der Waals surface area contributed by atoms with Crippen molar-refractivity contribution in [2.45, 2.75) is 30.7 Å². The van der Waals surface area contributed by atoms with Crippen molar-refractivity contribution in [1.82, 2.24) is 9.21 Å². The van der Waals surface area contributed by atoms with E-state index in [9.17, 15) is 18.0 Å². The first-order valence-corrected chi connectivity index (χ1v) is 9.70. The first kappa shape index (κ1) is 18.2. The summed E-state index contributed by atoms with van der Waals surface area (Å²) in [6, 6.07) is 9.52. The van der Waals surface area contributed by atoms with E-state index in [0.29, 0.717) is 17.1 Å². The highest BCUT2D eigenvalue weighted by atomic mass is 32.2. The Morgan fingerprint density at radius 3 is 2.62 bits per heavy atom. The number of hydrogen-bond acceptors (Lipinski definition) is 5. The van der Waals surface area contributed by atoms with Crippen molar-refractivity contribution in [2.24, 2.45) is 0 Å². The van der Waals surface area contributed by atoms with Crippen LogP contribution in [0, 0.1) is 0 Å². The van der Waals surface area contributed by atoms with Gasteiger partial charge in [-0.05, 0) is 37.6 Å². The molecule has 2 aromatic rings. The summed E-state index contributed by atoms with van der Waals surface area (Å²) in [5.41, 5.74) is 0.105. The molecule has 3 rings (SSSR count). The Morgan fingerprint density at radius 1 is 1.23 bits per heavy atom. The van der Waals surface area contributed by atoms with Crippen LogP contribution in [-0.4, -0.2) is 49.1 Å². The fourth-order valence-electron chi connectivity index (χ4n) is 2.87. The van der Waals surface area contributed by atoms with Crippen LogP contribution in [0.25, 0.3) is 0 Å². The van der Waals surface area contributed by atoms with Gasteiger partial charge in [0.25, 0.3) is 15.9 Å². The third kappa shape index (κ3) is 3.24. The van der Waals surface area contributed by atoms with E-state index in [2.05, 4.69) is 0 Å². The predicted molar refractivity (Wildman–Crippen MR) is 93.9 cm³/mol. The first-order valence-electron chi connectivity index (χ1n) is 8.26. The molecule has 0 saturated heterocycles. The highest BCUT2D eigenvalue weighted by Crippen LogP contribution is 2.29. The number of furan rings is 1. The molecule has 1 aliphatic rings. The molecular formula is C18H20N2O5S. The molecule has 1 aliphatic heterocycles. The molecule has 1 aromatic carbocycles. The summed E-state index contributed by atoms with van der Waals surface area (Å²) >= 11 is 0. The lowest BCUT2D eigenvalue weighted by Gasteiger charge is -2.26. The minimum absolute atomic E-state index is 0.0497. The van der Waals surface area contributed by atoms with Crippen LogP contribution in [0.1, 0.15) is 29.5 Å². The van der Waals surface area contributed by atoms with E-state index in [4.69, 9.17) is 4.42 Å². The Labute approximate surface area is 152 Å². The lowest BCUT2D eigenvalue weighted by Crippen LogP contribution is -2.44. The van der Waals surface area contributed by atoms with Crippen molar-refractivity contribution in [3.63, 3.8) is 0 Å². The molecule has 0 radical (unpaired) electrons. The van der Waals surface area contributed by atoms with Gasteiger partial charge in [0.2, 0.25) is 5.91 Å². The van der Waals surface area contributed by atoms with Crippen molar-refractivity contribution in [1.29, 1.82) is 0 Å². The Bertz CT molecular complexity index is 921. The van der Waals surface area contributed by atoms with Gasteiger partial charge in [-0.1, -0.05) is 12.1 Å². The molecule has 138 valence electrons.